The summed E-state index contributed by atoms with van der Waals surface area (Å²) in [6.07, 6.45) is 1.91. The third-order valence-corrected chi connectivity index (χ3v) is 3.97. The van der Waals surface area contributed by atoms with Crippen molar-refractivity contribution in [3.63, 3.8) is 0 Å². The molecule has 3 nitrogen and oxygen atoms in total. The minimum absolute atomic E-state index is 0.596. The molecule has 108 valence electrons. The summed E-state index contributed by atoms with van der Waals surface area (Å²) < 4.78 is 1.69. The van der Waals surface area contributed by atoms with Gasteiger partial charge in [-0.25, -0.2) is 0 Å². The summed E-state index contributed by atoms with van der Waals surface area (Å²) in [6, 6.07) is 5.47. The summed E-state index contributed by atoms with van der Waals surface area (Å²) >= 11 is 12.6. The summed E-state index contributed by atoms with van der Waals surface area (Å²) in [7, 11) is 1.84. The highest BCUT2D eigenvalue weighted by atomic mass is 35.5. The molecule has 0 aliphatic heterocycles. The van der Waals surface area contributed by atoms with Gasteiger partial charge in [0, 0.05) is 18.2 Å². The smallest absolute Gasteiger partial charge is 0.129 e. The summed E-state index contributed by atoms with van der Waals surface area (Å²) in [5.41, 5.74) is 8.76. The fourth-order valence-corrected chi connectivity index (χ4v) is 2.79. The second-order valence-electron chi connectivity index (χ2n) is 5.36. The topological polar surface area (TPSA) is 43.8 Å². The number of rotatable bonds is 4. The van der Waals surface area contributed by atoms with Gasteiger partial charge in [-0.2, -0.15) is 5.10 Å². The van der Waals surface area contributed by atoms with Gasteiger partial charge < -0.3 is 5.73 Å². The first kappa shape index (κ1) is 15.2. The molecule has 2 rings (SSSR count). The number of nitrogens with two attached hydrogens (primary N) is 1. The molecule has 0 aliphatic carbocycles. The number of hydrogen-bond acceptors (Lipinski definition) is 2. The van der Waals surface area contributed by atoms with Crippen LogP contribution in [0.1, 0.15) is 26.0 Å². The van der Waals surface area contributed by atoms with Gasteiger partial charge >= 0.3 is 0 Å². The minimum atomic E-state index is 0.596. The number of benzene rings is 1. The number of aromatic nitrogens is 2. The fourth-order valence-electron chi connectivity index (χ4n) is 2.20. The Morgan fingerprint density at radius 1 is 1.20 bits per heavy atom. The second kappa shape index (κ2) is 6.06. The minimum Gasteiger partial charge on any atom is -0.383 e. The van der Waals surface area contributed by atoms with Crippen LogP contribution in [0.15, 0.2) is 18.2 Å². The molecule has 0 amide bonds. The Hall–Kier alpha value is -1.19. The fraction of sp³-hybridized carbons (Fsp3) is 0.400. The Labute approximate surface area is 129 Å². The molecular formula is C15H19Cl2N3. The molecule has 0 saturated carbocycles. The van der Waals surface area contributed by atoms with Gasteiger partial charge in [-0.1, -0.05) is 43.1 Å². The van der Waals surface area contributed by atoms with Crippen LogP contribution in [0.2, 0.25) is 10.0 Å². The number of nitrogen functional groups attached to an aromatic ring is 1. The van der Waals surface area contributed by atoms with Gasteiger partial charge in [0.05, 0.1) is 15.7 Å². The van der Waals surface area contributed by atoms with Crippen LogP contribution in [0.25, 0.3) is 11.1 Å². The molecule has 0 aliphatic rings. The summed E-state index contributed by atoms with van der Waals surface area (Å²) in [4.78, 5) is 0. The third kappa shape index (κ3) is 2.94. The van der Waals surface area contributed by atoms with E-state index in [1.54, 1.807) is 4.68 Å². The summed E-state index contributed by atoms with van der Waals surface area (Å²) in [5, 5.41) is 5.72. The van der Waals surface area contributed by atoms with Crippen LogP contribution in [0, 0.1) is 5.92 Å². The predicted molar refractivity (Wildman–Crippen MR) is 86.2 cm³/mol. The molecule has 0 radical (unpaired) electrons. The van der Waals surface area contributed by atoms with E-state index in [1.165, 1.54) is 0 Å². The van der Waals surface area contributed by atoms with E-state index in [0.29, 0.717) is 21.8 Å². The molecule has 0 fully saturated rings. The highest BCUT2D eigenvalue weighted by Crippen LogP contribution is 2.40. The average Bonchev–Trinajstić information content (AvgIpc) is 2.64. The normalized spacial score (nSPS) is 11.3. The molecule has 20 heavy (non-hydrogen) atoms. The standard InChI is InChI=1S/C15H19Cl2N3/c1-9(2)7-8-12-14(15(18)20(3)19-12)13-10(16)5-4-6-11(13)17/h4-6,9H,7-8,18H2,1-3H3. The molecular weight excluding hydrogens is 293 g/mol. The van der Waals surface area contributed by atoms with E-state index in [2.05, 4.69) is 18.9 Å². The highest BCUT2D eigenvalue weighted by Gasteiger charge is 2.20. The lowest BCUT2D eigenvalue weighted by molar-refractivity contribution is 0.577. The van der Waals surface area contributed by atoms with E-state index in [4.69, 9.17) is 28.9 Å². The van der Waals surface area contributed by atoms with Crippen molar-refractivity contribution >= 4 is 29.0 Å². The van der Waals surface area contributed by atoms with Crippen LogP contribution >= 0.6 is 23.2 Å². The highest BCUT2D eigenvalue weighted by molar-refractivity contribution is 6.39. The van der Waals surface area contributed by atoms with Gasteiger partial charge in [-0.3, -0.25) is 4.68 Å². The van der Waals surface area contributed by atoms with Gasteiger partial charge in [-0.05, 0) is 30.9 Å². The van der Waals surface area contributed by atoms with Crippen molar-refractivity contribution in [2.45, 2.75) is 26.7 Å². The summed E-state index contributed by atoms with van der Waals surface area (Å²) in [6.45, 7) is 4.38. The van der Waals surface area contributed by atoms with Crippen LogP contribution in [0.4, 0.5) is 5.82 Å². The van der Waals surface area contributed by atoms with Crippen molar-refractivity contribution in [3.05, 3.63) is 33.9 Å². The molecule has 0 saturated heterocycles. The molecule has 0 bridgehead atoms. The molecule has 0 spiro atoms. The predicted octanol–water partition coefficient (Wildman–Crippen LogP) is 4.56. The van der Waals surface area contributed by atoms with E-state index >= 15 is 0 Å². The molecule has 1 heterocycles. The molecule has 1 aromatic heterocycles. The van der Waals surface area contributed by atoms with Gasteiger partial charge in [-0.15, -0.1) is 0 Å². The Morgan fingerprint density at radius 2 is 1.80 bits per heavy atom. The molecule has 5 heteroatoms. The van der Waals surface area contributed by atoms with Crippen molar-refractivity contribution in [1.82, 2.24) is 9.78 Å². The van der Waals surface area contributed by atoms with Crippen molar-refractivity contribution in [3.8, 4) is 11.1 Å². The van der Waals surface area contributed by atoms with Crippen LogP contribution in [-0.4, -0.2) is 9.78 Å². The number of nitrogens with zero attached hydrogens (tertiary/aromatic N) is 2. The van der Waals surface area contributed by atoms with E-state index in [-0.39, 0.29) is 0 Å². The largest absolute Gasteiger partial charge is 0.383 e. The lowest BCUT2D eigenvalue weighted by atomic mass is 9.99. The van der Waals surface area contributed by atoms with Crippen LogP contribution in [-0.2, 0) is 13.5 Å². The monoisotopic (exact) mass is 311 g/mol. The van der Waals surface area contributed by atoms with Crippen molar-refractivity contribution in [2.24, 2.45) is 13.0 Å². The average molecular weight is 312 g/mol. The second-order valence-corrected chi connectivity index (χ2v) is 6.17. The number of anilines is 1. The lowest BCUT2D eigenvalue weighted by Crippen LogP contribution is -1.98. The maximum Gasteiger partial charge on any atom is 0.129 e. The van der Waals surface area contributed by atoms with E-state index < -0.39 is 0 Å². The number of aryl methyl sites for hydroxylation is 2. The van der Waals surface area contributed by atoms with Gasteiger partial charge in [0.1, 0.15) is 5.82 Å². The SMILES string of the molecule is CC(C)CCc1nn(C)c(N)c1-c1c(Cl)cccc1Cl. The first-order valence-electron chi connectivity index (χ1n) is 6.67. The zero-order valence-electron chi connectivity index (χ0n) is 12.0. The lowest BCUT2D eigenvalue weighted by Gasteiger charge is -2.09. The zero-order valence-corrected chi connectivity index (χ0v) is 13.5. The van der Waals surface area contributed by atoms with E-state index in [9.17, 15) is 0 Å². The van der Waals surface area contributed by atoms with Crippen LogP contribution in [0.3, 0.4) is 0 Å². The maximum atomic E-state index is 6.30. The Kier molecular flexibility index (Phi) is 4.61. The Bertz CT molecular complexity index is 598. The van der Waals surface area contributed by atoms with E-state index in [1.807, 2.05) is 25.2 Å². The number of hydrogen-bond donors (Lipinski definition) is 1. The quantitative estimate of drug-likeness (QED) is 0.899. The molecule has 1 aromatic carbocycles. The van der Waals surface area contributed by atoms with Crippen molar-refractivity contribution in [1.29, 1.82) is 0 Å². The third-order valence-electron chi connectivity index (χ3n) is 3.34. The number of halogens is 2. The van der Waals surface area contributed by atoms with Crippen LogP contribution in [0.5, 0.6) is 0 Å². The van der Waals surface area contributed by atoms with Gasteiger partial charge in [0.25, 0.3) is 0 Å². The summed E-state index contributed by atoms with van der Waals surface area (Å²) in [5.74, 6) is 1.20. The van der Waals surface area contributed by atoms with Gasteiger partial charge in [0.15, 0.2) is 0 Å². The Balaban J connectivity index is 2.55. The molecule has 2 N–H and O–H groups in total. The van der Waals surface area contributed by atoms with Crippen molar-refractivity contribution in [2.75, 3.05) is 5.73 Å². The van der Waals surface area contributed by atoms with E-state index in [0.717, 1.165) is 29.7 Å². The Morgan fingerprint density at radius 3 is 2.35 bits per heavy atom. The first-order valence-corrected chi connectivity index (χ1v) is 7.43. The van der Waals surface area contributed by atoms with Gasteiger partial charge in [0.2, 0.25) is 0 Å². The van der Waals surface area contributed by atoms with Crippen molar-refractivity contribution < 1.29 is 0 Å². The molecule has 0 unspecified atom stereocenters. The maximum absolute atomic E-state index is 6.30. The first-order chi connectivity index (χ1) is 9.41. The van der Waals surface area contributed by atoms with Crippen LogP contribution < -0.4 is 5.73 Å². The zero-order chi connectivity index (χ0) is 14.9. The molecule has 2 aromatic rings. The molecule has 0 atom stereocenters.